The Balaban J connectivity index is 2.30. The molecule has 4 nitrogen and oxygen atoms in total. The number of aromatic amines is 1. The second kappa shape index (κ2) is 3.09. The van der Waals surface area contributed by atoms with Crippen LogP contribution in [0.15, 0.2) is 12.5 Å². The number of hydrogen-bond donors (Lipinski definition) is 3. The second-order valence-corrected chi connectivity index (χ2v) is 1.62. The minimum atomic E-state index is 0.138. The number of aliphatic hydroxyl groups is 1. The number of anilines is 1. The fourth-order valence-electron chi connectivity index (χ4n) is 0.543. The van der Waals surface area contributed by atoms with E-state index in [0.29, 0.717) is 6.54 Å². The Morgan fingerprint density at radius 2 is 2.67 bits per heavy atom. The maximum Gasteiger partial charge on any atom is 0.123 e. The molecule has 50 valence electrons. The van der Waals surface area contributed by atoms with Crippen LogP contribution in [0.1, 0.15) is 0 Å². The maximum atomic E-state index is 8.37. The van der Waals surface area contributed by atoms with E-state index in [1.807, 2.05) is 0 Å². The molecule has 3 N–H and O–H groups in total. The van der Waals surface area contributed by atoms with Gasteiger partial charge in [0.25, 0.3) is 0 Å². The van der Waals surface area contributed by atoms with Crippen molar-refractivity contribution in [3.63, 3.8) is 0 Å². The van der Waals surface area contributed by atoms with E-state index >= 15 is 0 Å². The fourth-order valence-corrected chi connectivity index (χ4v) is 0.543. The quantitative estimate of drug-likeness (QED) is 0.527. The van der Waals surface area contributed by atoms with Gasteiger partial charge in [-0.1, -0.05) is 0 Å². The lowest BCUT2D eigenvalue weighted by Crippen LogP contribution is -2.05. The summed E-state index contributed by atoms with van der Waals surface area (Å²) in [6.45, 7) is 0.696. The van der Waals surface area contributed by atoms with Gasteiger partial charge >= 0.3 is 0 Å². The molecule has 1 heterocycles. The third kappa shape index (κ3) is 1.73. The molecule has 0 fully saturated rings. The lowest BCUT2D eigenvalue weighted by molar-refractivity contribution is 0.311. The topological polar surface area (TPSA) is 60.9 Å². The molecule has 1 rings (SSSR count). The molecule has 4 heteroatoms. The Morgan fingerprint density at radius 3 is 3.22 bits per heavy atom. The molecule has 0 atom stereocenters. The van der Waals surface area contributed by atoms with E-state index in [2.05, 4.69) is 15.3 Å². The van der Waals surface area contributed by atoms with Crippen LogP contribution in [-0.2, 0) is 0 Å². The zero-order valence-electron chi connectivity index (χ0n) is 4.96. The standard InChI is InChI=1S/C5H9N3O/c9-2-1-7-5-3-6-4-8-5/h3-4,7,9H,1-2H2,(H,6,8). The molecule has 0 amide bonds. The first-order valence-electron chi connectivity index (χ1n) is 2.76. The highest BCUT2D eigenvalue weighted by Crippen LogP contribution is 1.94. The third-order valence-corrected chi connectivity index (χ3v) is 0.925. The van der Waals surface area contributed by atoms with E-state index < -0.39 is 0 Å². The summed E-state index contributed by atoms with van der Waals surface area (Å²) in [5.41, 5.74) is 0. The van der Waals surface area contributed by atoms with E-state index in [9.17, 15) is 0 Å². The van der Waals surface area contributed by atoms with Crippen molar-refractivity contribution < 1.29 is 5.11 Å². The summed E-state index contributed by atoms with van der Waals surface area (Å²) in [6.07, 6.45) is 3.25. The minimum Gasteiger partial charge on any atom is -0.395 e. The van der Waals surface area contributed by atoms with Gasteiger partial charge in [0.2, 0.25) is 0 Å². The van der Waals surface area contributed by atoms with Crippen molar-refractivity contribution in [2.75, 3.05) is 18.5 Å². The van der Waals surface area contributed by atoms with Crippen molar-refractivity contribution in [2.45, 2.75) is 0 Å². The Labute approximate surface area is 52.9 Å². The van der Waals surface area contributed by atoms with Gasteiger partial charge in [-0.05, 0) is 0 Å². The van der Waals surface area contributed by atoms with Crippen LogP contribution < -0.4 is 5.32 Å². The van der Waals surface area contributed by atoms with Gasteiger partial charge in [0.05, 0.1) is 19.1 Å². The van der Waals surface area contributed by atoms with E-state index in [1.54, 1.807) is 12.5 Å². The molecule has 0 aliphatic heterocycles. The number of H-pyrrole nitrogens is 1. The van der Waals surface area contributed by atoms with E-state index in [-0.39, 0.29) is 6.61 Å². The number of hydrogen-bond acceptors (Lipinski definition) is 3. The summed E-state index contributed by atoms with van der Waals surface area (Å²) in [6, 6.07) is 0. The number of rotatable bonds is 3. The lowest BCUT2D eigenvalue weighted by Gasteiger charge is -1.96. The first-order chi connectivity index (χ1) is 4.43. The Morgan fingerprint density at radius 1 is 1.78 bits per heavy atom. The Bertz CT molecular complexity index is 149. The SMILES string of the molecule is OCCNc1cnc[nH]1. The van der Waals surface area contributed by atoms with Crippen molar-refractivity contribution in [3.8, 4) is 0 Å². The Kier molecular flexibility index (Phi) is 2.09. The fraction of sp³-hybridized carbons (Fsp3) is 0.400. The molecule has 9 heavy (non-hydrogen) atoms. The molecular weight excluding hydrogens is 118 g/mol. The van der Waals surface area contributed by atoms with Crippen LogP contribution >= 0.6 is 0 Å². The molecule has 0 aliphatic carbocycles. The third-order valence-electron chi connectivity index (χ3n) is 0.925. The molecule has 0 aromatic carbocycles. The molecule has 0 bridgehead atoms. The largest absolute Gasteiger partial charge is 0.395 e. The molecule has 0 saturated heterocycles. The molecule has 1 aromatic heterocycles. The summed E-state index contributed by atoms with van der Waals surface area (Å²) in [5.74, 6) is 0.837. The lowest BCUT2D eigenvalue weighted by atomic mass is 10.6. The van der Waals surface area contributed by atoms with Crippen LogP contribution in [-0.4, -0.2) is 28.2 Å². The van der Waals surface area contributed by atoms with E-state index in [4.69, 9.17) is 5.11 Å². The Hall–Kier alpha value is -1.03. The summed E-state index contributed by atoms with van der Waals surface area (Å²) in [5, 5.41) is 11.3. The van der Waals surface area contributed by atoms with Gasteiger partial charge in [-0.2, -0.15) is 0 Å². The van der Waals surface area contributed by atoms with Crippen LogP contribution in [0.2, 0.25) is 0 Å². The molecule has 0 unspecified atom stereocenters. The minimum absolute atomic E-state index is 0.138. The zero-order valence-corrected chi connectivity index (χ0v) is 4.96. The van der Waals surface area contributed by atoms with Crippen LogP contribution in [0.4, 0.5) is 5.82 Å². The summed E-state index contributed by atoms with van der Waals surface area (Å²) in [7, 11) is 0. The molecule has 0 saturated carbocycles. The van der Waals surface area contributed by atoms with Crippen LogP contribution in [0.5, 0.6) is 0 Å². The molecular formula is C5H9N3O. The smallest absolute Gasteiger partial charge is 0.123 e. The van der Waals surface area contributed by atoms with Gasteiger partial charge in [0.15, 0.2) is 0 Å². The first kappa shape index (κ1) is 6.10. The van der Waals surface area contributed by atoms with Gasteiger partial charge in [-0.15, -0.1) is 0 Å². The van der Waals surface area contributed by atoms with Crippen molar-refractivity contribution >= 4 is 5.82 Å². The van der Waals surface area contributed by atoms with Crippen molar-refractivity contribution in [1.29, 1.82) is 0 Å². The highest BCUT2D eigenvalue weighted by molar-refractivity contribution is 5.29. The number of aliphatic hydroxyl groups excluding tert-OH is 1. The monoisotopic (exact) mass is 127 g/mol. The van der Waals surface area contributed by atoms with Gasteiger partial charge in [0.1, 0.15) is 5.82 Å². The van der Waals surface area contributed by atoms with Crippen LogP contribution in [0.25, 0.3) is 0 Å². The van der Waals surface area contributed by atoms with Gasteiger partial charge in [-0.3, -0.25) is 0 Å². The van der Waals surface area contributed by atoms with Crippen molar-refractivity contribution in [1.82, 2.24) is 9.97 Å². The predicted octanol–water partition coefficient (Wildman–Crippen LogP) is -0.186. The highest BCUT2D eigenvalue weighted by atomic mass is 16.3. The van der Waals surface area contributed by atoms with E-state index in [0.717, 1.165) is 5.82 Å². The second-order valence-electron chi connectivity index (χ2n) is 1.62. The number of nitrogens with zero attached hydrogens (tertiary/aromatic N) is 1. The van der Waals surface area contributed by atoms with Crippen LogP contribution in [0.3, 0.4) is 0 Å². The first-order valence-corrected chi connectivity index (χ1v) is 2.76. The van der Waals surface area contributed by atoms with Crippen molar-refractivity contribution in [3.05, 3.63) is 12.5 Å². The van der Waals surface area contributed by atoms with Gasteiger partial charge in [0, 0.05) is 6.54 Å². The molecule has 0 spiro atoms. The van der Waals surface area contributed by atoms with Crippen LogP contribution in [0, 0.1) is 0 Å². The van der Waals surface area contributed by atoms with Crippen molar-refractivity contribution in [2.24, 2.45) is 0 Å². The number of aromatic nitrogens is 2. The summed E-state index contributed by atoms with van der Waals surface area (Å²) < 4.78 is 0. The maximum absolute atomic E-state index is 8.37. The molecule has 0 aliphatic rings. The number of nitrogens with one attached hydrogen (secondary N) is 2. The van der Waals surface area contributed by atoms with Gasteiger partial charge in [-0.25, -0.2) is 4.98 Å². The average Bonchev–Trinajstić information content (AvgIpc) is 2.34. The van der Waals surface area contributed by atoms with Gasteiger partial charge < -0.3 is 15.4 Å². The zero-order chi connectivity index (χ0) is 6.53. The average molecular weight is 127 g/mol. The molecule has 0 radical (unpaired) electrons. The van der Waals surface area contributed by atoms with E-state index in [1.165, 1.54) is 0 Å². The normalized spacial score (nSPS) is 9.44. The molecule has 1 aromatic rings. The highest BCUT2D eigenvalue weighted by Gasteiger charge is 1.86. The summed E-state index contributed by atoms with van der Waals surface area (Å²) >= 11 is 0. The number of imidazole rings is 1. The summed E-state index contributed by atoms with van der Waals surface area (Å²) in [4.78, 5) is 6.61. The predicted molar refractivity (Wildman–Crippen MR) is 34.2 cm³/mol.